The van der Waals surface area contributed by atoms with Gasteiger partial charge in [0.1, 0.15) is 16.7 Å². The van der Waals surface area contributed by atoms with Crippen LogP contribution in [-0.2, 0) is 0 Å². The molecule has 5 heteroatoms. The van der Waals surface area contributed by atoms with Crippen molar-refractivity contribution >= 4 is 27.5 Å². The molecular weight excluding hydrogens is 291 g/mol. The molecule has 82 valence electrons. The normalized spacial score (nSPS) is 10.2. The summed E-state index contributed by atoms with van der Waals surface area (Å²) in [5.41, 5.74) is 0.960. The zero-order valence-electron chi connectivity index (χ0n) is 8.45. The topological polar surface area (TPSA) is 35.0 Å². The minimum atomic E-state index is 0.493. The lowest BCUT2D eigenvalue weighted by Crippen LogP contribution is -1.91. The van der Waals surface area contributed by atoms with Crippen LogP contribution in [0.1, 0.15) is 5.56 Å². The van der Waals surface area contributed by atoms with Gasteiger partial charge in [0.15, 0.2) is 0 Å². The first kappa shape index (κ1) is 11.4. The molecule has 0 radical (unpaired) electrons. The first-order valence-corrected chi connectivity index (χ1v) is 5.74. The second-order valence-corrected chi connectivity index (χ2v) is 4.44. The van der Waals surface area contributed by atoms with Gasteiger partial charge < -0.3 is 4.74 Å². The van der Waals surface area contributed by atoms with E-state index in [9.17, 15) is 0 Å². The van der Waals surface area contributed by atoms with Crippen LogP contribution in [0, 0.1) is 6.92 Å². The predicted molar refractivity (Wildman–Crippen MR) is 66.0 cm³/mol. The van der Waals surface area contributed by atoms with Crippen LogP contribution in [0.2, 0.25) is 5.02 Å². The summed E-state index contributed by atoms with van der Waals surface area (Å²) in [5, 5.41) is 0.689. The number of rotatable bonds is 2. The van der Waals surface area contributed by atoms with Crippen molar-refractivity contribution in [2.24, 2.45) is 0 Å². The average Bonchev–Trinajstić information content (AvgIpc) is 2.22. The Hall–Kier alpha value is -1.13. The molecule has 0 unspecified atom stereocenters. The minimum absolute atomic E-state index is 0.493. The van der Waals surface area contributed by atoms with Crippen LogP contribution in [0.4, 0.5) is 0 Å². The zero-order valence-corrected chi connectivity index (χ0v) is 10.8. The lowest BCUT2D eigenvalue weighted by molar-refractivity contribution is 0.457. The third-order valence-electron chi connectivity index (χ3n) is 1.96. The number of hydrogen-bond acceptors (Lipinski definition) is 3. The molecule has 0 saturated heterocycles. The molecule has 0 atom stereocenters. The summed E-state index contributed by atoms with van der Waals surface area (Å²) in [4.78, 5) is 7.92. The SMILES string of the molecule is Cc1cc(Cl)ccc1Oc1cc(Br)ncn1. The maximum absolute atomic E-state index is 5.86. The second-order valence-electron chi connectivity index (χ2n) is 3.19. The fourth-order valence-corrected chi connectivity index (χ4v) is 1.73. The van der Waals surface area contributed by atoms with Crippen LogP contribution < -0.4 is 4.74 Å². The third kappa shape index (κ3) is 2.71. The van der Waals surface area contributed by atoms with Crippen molar-refractivity contribution in [2.75, 3.05) is 0 Å². The second kappa shape index (κ2) is 4.80. The fourth-order valence-electron chi connectivity index (χ4n) is 1.21. The van der Waals surface area contributed by atoms with Crippen LogP contribution in [0.15, 0.2) is 35.2 Å². The quantitative estimate of drug-likeness (QED) is 0.786. The summed E-state index contributed by atoms with van der Waals surface area (Å²) in [6.07, 6.45) is 1.44. The summed E-state index contributed by atoms with van der Waals surface area (Å²) < 4.78 is 6.29. The van der Waals surface area contributed by atoms with E-state index in [0.717, 1.165) is 11.3 Å². The Balaban J connectivity index is 2.27. The molecule has 1 aromatic carbocycles. The lowest BCUT2D eigenvalue weighted by atomic mass is 10.2. The highest BCUT2D eigenvalue weighted by Crippen LogP contribution is 2.26. The molecule has 1 heterocycles. The summed E-state index contributed by atoms with van der Waals surface area (Å²) in [7, 11) is 0. The van der Waals surface area contributed by atoms with Gasteiger partial charge in [-0.15, -0.1) is 0 Å². The van der Waals surface area contributed by atoms with Crippen LogP contribution in [-0.4, -0.2) is 9.97 Å². The van der Waals surface area contributed by atoms with Crippen LogP contribution in [0.25, 0.3) is 0 Å². The molecule has 1 aromatic heterocycles. The molecule has 2 rings (SSSR count). The van der Waals surface area contributed by atoms with Gasteiger partial charge in [-0.1, -0.05) is 11.6 Å². The van der Waals surface area contributed by atoms with Crippen LogP contribution >= 0.6 is 27.5 Å². The summed E-state index contributed by atoms with van der Waals surface area (Å²) >= 11 is 9.11. The molecular formula is C11H8BrClN2O. The van der Waals surface area contributed by atoms with Gasteiger partial charge in [-0.05, 0) is 46.6 Å². The van der Waals surface area contributed by atoms with Gasteiger partial charge in [0.2, 0.25) is 5.88 Å². The van der Waals surface area contributed by atoms with E-state index < -0.39 is 0 Å². The number of aryl methyl sites for hydroxylation is 1. The van der Waals surface area contributed by atoms with Crippen molar-refractivity contribution in [2.45, 2.75) is 6.92 Å². The summed E-state index contributed by atoms with van der Waals surface area (Å²) in [5.74, 6) is 1.22. The van der Waals surface area contributed by atoms with Gasteiger partial charge in [-0.2, -0.15) is 0 Å². The first-order valence-electron chi connectivity index (χ1n) is 4.57. The Morgan fingerprint density at radius 3 is 2.75 bits per heavy atom. The highest BCUT2D eigenvalue weighted by molar-refractivity contribution is 9.10. The van der Waals surface area contributed by atoms with Crippen molar-refractivity contribution in [3.05, 3.63) is 45.8 Å². The van der Waals surface area contributed by atoms with E-state index in [-0.39, 0.29) is 0 Å². The zero-order chi connectivity index (χ0) is 11.5. The highest BCUT2D eigenvalue weighted by Gasteiger charge is 2.03. The van der Waals surface area contributed by atoms with Crippen molar-refractivity contribution in [1.82, 2.24) is 9.97 Å². The van der Waals surface area contributed by atoms with Gasteiger partial charge in [0.05, 0.1) is 0 Å². The molecule has 0 amide bonds. The maximum Gasteiger partial charge on any atom is 0.223 e. The largest absolute Gasteiger partial charge is 0.439 e. The number of hydrogen-bond donors (Lipinski definition) is 0. The molecule has 0 aliphatic heterocycles. The molecule has 0 saturated carbocycles. The Bertz CT molecular complexity index is 519. The Morgan fingerprint density at radius 1 is 1.25 bits per heavy atom. The van der Waals surface area contributed by atoms with E-state index in [1.807, 2.05) is 19.1 Å². The van der Waals surface area contributed by atoms with E-state index in [2.05, 4.69) is 25.9 Å². The molecule has 0 N–H and O–H groups in total. The first-order chi connectivity index (χ1) is 7.65. The van der Waals surface area contributed by atoms with E-state index >= 15 is 0 Å². The number of aromatic nitrogens is 2. The molecule has 0 aliphatic rings. The van der Waals surface area contributed by atoms with E-state index in [4.69, 9.17) is 16.3 Å². The standard InChI is InChI=1S/C11H8BrClN2O/c1-7-4-8(13)2-3-9(7)16-11-5-10(12)14-6-15-11/h2-6H,1H3. The minimum Gasteiger partial charge on any atom is -0.439 e. The maximum atomic E-state index is 5.86. The molecule has 0 aliphatic carbocycles. The predicted octanol–water partition coefficient (Wildman–Crippen LogP) is 3.99. The Kier molecular flexibility index (Phi) is 3.41. The number of nitrogens with zero attached hydrogens (tertiary/aromatic N) is 2. The monoisotopic (exact) mass is 298 g/mol. The van der Waals surface area contributed by atoms with Gasteiger partial charge >= 0.3 is 0 Å². The summed E-state index contributed by atoms with van der Waals surface area (Å²) in [6.45, 7) is 1.93. The van der Waals surface area contributed by atoms with E-state index in [1.165, 1.54) is 6.33 Å². The van der Waals surface area contributed by atoms with Gasteiger partial charge in [0.25, 0.3) is 0 Å². The van der Waals surface area contributed by atoms with Gasteiger partial charge in [-0.25, -0.2) is 9.97 Å². The van der Waals surface area contributed by atoms with Crippen LogP contribution in [0.5, 0.6) is 11.6 Å². The molecule has 3 nitrogen and oxygen atoms in total. The lowest BCUT2D eigenvalue weighted by Gasteiger charge is -2.07. The molecule has 0 bridgehead atoms. The molecule has 2 aromatic rings. The number of halogens is 2. The number of ether oxygens (including phenoxy) is 1. The fraction of sp³-hybridized carbons (Fsp3) is 0.0909. The smallest absolute Gasteiger partial charge is 0.223 e. The van der Waals surface area contributed by atoms with Gasteiger partial charge in [-0.3, -0.25) is 0 Å². The van der Waals surface area contributed by atoms with E-state index in [1.54, 1.807) is 12.1 Å². The van der Waals surface area contributed by atoms with Crippen LogP contribution in [0.3, 0.4) is 0 Å². The average molecular weight is 300 g/mol. The van der Waals surface area contributed by atoms with Crippen molar-refractivity contribution in [1.29, 1.82) is 0 Å². The Labute approximate surface area is 107 Å². The van der Waals surface area contributed by atoms with Crippen molar-refractivity contribution < 1.29 is 4.74 Å². The highest BCUT2D eigenvalue weighted by atomic mass is 79.9. The van der Waals surface area contributed by atoms with Crippen molar-refractivity contribution in [3.63, 3.8) is 0 Å². The molecule has 0 fully saturated rings. The number of benzene rings is 1. The summed E-state index contributed by atoms with van der Waals surface area (Å²) in [6, 6.07) is 7.13. The molecule has 16 heavy (non-hydrogen) atoms. The third-order valence-corrected chi connectivity index (χ3v) is 2.63. The Morgan fingerprint density at radius 2 is 2.06 bits per heavy atom. The molecule has 0 spiro atoms. The van der Waals surface area contributed by atoms with Gasteiger partial charge in [0, 0.05) is 11.1 Å². The van der Waals surface area contributed by atoms with E-state index in [0.29, 0.717) is 15.5 Å². The van der Waals surface area contributed by atoms with Crippen molar-refractivity contribution in [3.8, 4) is 11.6 Å².